The van der Waals surface area contributed by atoms with Crippen molar-refractivity contribution in [2.24, 2.45) is 0 Å². The number of rotatable bonds is 10. The lowest BCUT2D eigenvalue weighted by Gasteiger charge is -2.51. The number of hydrogen-bond donors (Lipinski definition) is 0. The number of allylic oxidation sites excluding steroid dienone is 4. The molecule has 3 aliphatic heterocycles. The summed E-state index contributed by atoms with van der Waals surface area (Å²) in [5.74, 6) is 0.394. The van der Waals surface area contributed by atoms with E-state index in [1.165, 1.54) is 128 Å². The third-order valence-electron chi connectivity index (χ3n) is 23.5. The minimum Gasteiger partial charge on any atom is -0.334 e. The number of nitrogens with zero attached hydrogens (tertiary/aromatic N) is 3. The lowest BCUT2D eigenvalue weighted by Crippen LogP contribution is -2.74. The summed E-state index contributed by atoms with van der Waals surface area (Å²) in [5, 5.41) is 5.61. The topological polar surface area (TPSA) is 9.72 Å². The van der Waals surface area contributed by atoms with Gasteiger partial charge < -0.3 is 14.7 Å². The highest BCUT2D eigenvalue weighted by molar-refractivity contribution is 7.20. The molecule has 3 nitrogen and oxygen atoms in total. The second-order valence-electron chi connectivity index (χ2n) is 30.3. The highest BCUT2D eigenvalue weighted by Crippen LogP contribution is 2.62. The maximum Gasteiger partial charge on any atom is 0.252 e. The molecule has 96 heavy (non-hydrogen) atoms. The summed E-state index contributed by atoms with van der Waals surface area (Å²) in [5.41, 5.74) is 32.7. The second kappa shape index (κ2) is 22.6. The van der Waals surface area contributed by atoms with E-state index in [4.69, 9.17) is 0 Å². The van der Waals surface area contributed by atoms with Gasteiger partial charge >= 0.3 is 0 Å². The first-order chi connectivity index (χ1) is 46.6. The fourth-order valence-corrected chi connectivity index (χ4v) is 23.0. The Morgan fingerprint density at radius 1 is 0.458 bits per heavy atom. The molecule has 11 aromatic carbocycles. The van der Waals surface area contributed by atoms with Crippen molar-refractivity contribution in [1.82, 2.24) is 0 Å². The summed E-state index contributed by atoms with van der Waals surface area (Å²) >= 11 is 0. The van der Waals surface area contributed by atoms with E-state index in [-0.39, 0.29) is 28.5 Å². The molecule has 6 aliphatic rings. The molecule has 0 bridgehead atoms. The first-order valence-corrected chi connectivity index (χ1v) is 37.1. The molecule has 1 saturated carbocycles. The van der Waals surface area contributed by atoms with E-state index in [9.17, 15) is 0 Å². The van der Waals surface area contributed by atoms with E-state index in [0.29, 0.717) is 5.92 Å². The fourth-order valence-electron chi connectivity index (χ4n) is 18.2. The van der Waals surface area contributed by atoms with Crippen LogP contribution in [0.2, 0.25) is 0 Å². The van der Waals surface area contributed by atoms with Crippen LogP contribution in [0.5, 0.6) is 0 Å². The van der Waals surface area contributed by atoms with Gasteiger partial charge in [0.25, 0.3) is 6.71 Å². The Hall–Kier alpha value is -9.86. The first-order valence-electron chi connectivity index (χ1n) is 35.1. The monoisotopic (exact) mass is 1260 g/mol. The van der Waals surface area contributed by atoms with Crippen molar-refractivity contribution in [3.05, 3.63) is 312 Å². The molecule has 3 unspecified atom stereocenters. The van der Waals surface area contributed by atoms with Crippen molar-refractivity contribution >= 4 is 103 Å². The Morgan fingerprint density at radius 2 is 1.02 bits per heavy atom. The lowest BCUT2D eigenvalue weighted by atomic mass is 9.33. The highest BCUT2D eigenvalue weighted by atomic mass is 28.3. The first kappa shape index (κ1) is 59.9. The molecule has 0 aromatic heterocycles. The van der Waals surface area contributed by atoms with Gasteiger partial charge in [-0.25, -0.2) is 0 Å². The van der Waals surface area contributed by atoms with Crippen LogP contribution in [-0.4, -0.2) is 20.3 Å². The quantitative estimate of drug-likeness (QED) is 0.0768. The Bertz CT molecular complexity index is 4940. The Labute approximate surface area is 570 Å². The zero-order chi connectivity index (χ0) is 65.3. The van der Waals surface area contributed by atoms with Gasteiger partial charge in [0.05, 0.1) is 11.2 Å². The maximum atomic E-state index is 3.42. The molecule has 3 heterocycles. The van der Waals surface area contributed by atoms with Crippen molar-refractivity contribution in [2.45, 2.75) is 122 Å². The van der Waals surface area contributed by atoms with Crippen LogP contribution in [0.1, 0.15) is 128 Å². The maximum absolute atomic E-state index is 3.42. The summed E-state index contributed by atoms with van der Waals surface area (Å²) in [7, 11) is -2.91. The van der Waals surface area contributed by atoms with Crippen LogP contribution in [0.25, 0.3) is 27.8 Å². The number of anilines is 8. The van der Waals surface area contributed by atoms with Gasteiger partial charge in [-0.2, -0.15) is 0 Å². The van der Waals surface area contributed by atoms with Crippen molar-refractivity contribution in [2.75, 3.05) is 14.7 Å². The van der Waals surface area contributed by atoms with Gasteiger partial charge in [0, 0.05) is 50.8 Å². The molecule has 3 atom stereocenters. The van der Waals surface area contributed by atoms with Crippen LogP contribution in [0.15, 0.2) is 284 Å². The van der Waals surface area contributed by atoms with Gasteiger partial charge in [0.2, 0.25) is 0 Å². The van der Waals surface area contributed by atoms with Crippen LogP contribution >= 0.6 is 0 Å². The largest absolute Gasteiger partial charge is 0.334 e. The van der Waals surface area contributed by atoms with E-state index in [2.05, 4.69) is 348 Å². The van der Waals surface area contributed by atoms with Crippen molar-refractivity contribution < 1.29 is 0 Å². The molecular weight excluding hydrogens is 1170 g/mol. The highest BCUT2D eigenvalue weighted by Gasteiger charge is 2.59. The third-order valence-corrected chi connectivity index (χ3v) is 28.3. The standard InChI is InChI=1S/C91H82BN3Si/c1-62-51-54-89(5,6)77-61-80-84(60-75(62)77)94(81-49-44-68(88(2,3)4)56-76(81)66-33-19-11-20-34-66)86-58-70(57-85-87(86)92(80)79-55-67(64-31-17-10-18-32-64)43-48-83(79)93(85)69-45-41-65(42-46-69)63-29-15-9-16-30-63)95-82-50-47-74(59-78(82)90(7)52-27-28-53-91(90,95)8)96(71-35-21-12-22-36-71,72-37-23-13-24-38-72)73-39-25-14-26-40-73/h9-10,12-19,21-26,29-50,55-62H,27-28,51-54H2,1-8H3. The number of hydrogen-bond acceptors (Lipinski definition) is 3. The van der Waals surface area contributed by atoms with Crippen molar-refractivity contribution in [3.63, 3.8) is 0 Å². The zero-order valence-electron chi connectivity index (χ0n) is 56.7. The SMILES string of the molecule is CC1CCC(C)(C)c2cc3c(cc21)N(c1ccc(C(C)(C)C)cc1C1=CC=C=C=C1)c1cc(N2c4ccc([Si](c5ccccc5)(c5ccccc5)c5ccccc5)cc4C4(C)CCCCC24C)cc2c1B3c1cc(-c3ccccc3)ccc1N2c1ccc(-c2ccccc2)cc1. The lowest BCUT2D eigenvalue weighted by molar-refractivity contribution is 0.195. The summed E-state index contributed by atoms with van der Waals surface area (Å²) in [6, 6.07) is 99.1. The van der Waals surface area contributed by atoms with Crippen molar-refractivity contribution in [1.29, 1.82) is 0 Å². The Kier molecular flexibility index (Phi) is 14.1. The van der Waals surface area contributed by atoms with Gasteiger partial charge in [-0.1, -0.05) is 273 Å². The van der Waals surface area contributed by atoms with Crippen LogP contribution < -0.4 is 51.8 Å². The van der Waals surface area contributed by atoms with Crippen molar-refractivity contribution in [3.8, 4) is 22.3 Å². The van der Waals surface area contributed by atoms with E-state index in [1.54, 1.807) is 0 Å². The van der Waals surface area contributed by atoms with Gasteiger partial charge in [0.15, 0.2) is 8.07 Å². The summed E-state index contributed by atoms with van der Waals surface area (Å²) in [4.78, 5) is 8.26. The van der Waals surface area contributed by atoms with Crippen LogP contribution in [0.3, 0.4) is 0 Å². The second-order valence-corrected chi connectivity index (χ2v) is 34.1. The molecule has 0 spiro atoms. The molecule has 468 valence electrons. The molecule has 1 fully saturated rings. The van der Waals surface area contributed by atoms with E-state index in [0.717, 1.165) is 49.1 Å². The van der Waals surface area contributed by atoms with Crippen LogP contribution in [0.4, 0.5) is 45.5 Å². The normalized spacial score (nSPS) is 19.4. The molecule has 0 amide bonds. The summed E-state index contributed by atoms with van der Waals surface area (Å²) in [6.07, 6.45) is 13.2. The predicted molar refractivity (Wildman–Crippen MR) is 411 cm³/mol. The molecule has 5 heteroatoms. The number of benzene rings is 11. The minimum atomic E-state index is -2.91. The molecule has 0 saturated heterocycles. The average molecular weight is 1260 g/mol. The third kappa shape index (κ3) is 9.22. The smallest absolute Gasteiger partial charge is 0.252 e. The summed E-state index contributed by atoms with van der Waals surface area (Å²) in [6.45, 7) is 19.7. The molecule has 17 rings (SSSR count). The van der Waals surface area contributed by atoms with Crippen LogP contribution in [-0.2, 0) is 16.2 Å². The van der Waals surface area contributed by atoms with E-state index < -0.39 is 8.07 Å². The van der Waals surface area contributed by atoms with Gasteiger partial charge in [-0.05, 0) is 209 Å². The van der Waals surface area contributed by atoms with Crippen LogP contribution in [0, 0.1) is 0 Å². The molecule has 11 aromatic rings. The number of fused-ring (bicyclic) bond motifs is 8. The van der Waals surface area contributed by atoms with Gasteiger partial charge in [-0.15, -0.1) is 0 Å². The van der Waals surface area contributed by atoms with Gasteiger partial charge in [0.1, 0.15) is 0 Å². The molecular formula is C91H82BN3Si. The average Bonchev–Trinajstić information content (AvgIpc) is 1.25. The molecule has 3 aliphatic carbocycles. The molecule has 0 N–H and O–H groups in total. The minimum absolute atomic E-state index is 0.0168. The Morgan fingerprint density at radius 3 is 1.65 bits per heavy atom. The molecule has 0 radical (unpaired) electrons. The van der Waals surface area contributed by atoms with E-state index in [1.807, 2.05) is 6.08 Å². The zero-order valence-corrected chi connectivity index (χ0v) is 57.7. The predicted octanol–water partition coefficient (Wildman–Crippen LogP) is 19.0. The Balaban J connectivity index is 0.991. The van der Waals surface area contributed by atoms with E-state index >= 15 is 0 Å². The summed E-state index contributed by atoms with van der Waals surface area (Å²) < 4.78 is 0. The van der Waals surface area contributed by atoms with Gasteiger partial charge in [-0.3, -0.25) is 0 Å². The fraction of sp³-hybridized carbons (Fsp3) is 0.209.